The predicted molar refractivity (Wildman–Crippen MR) is 71.9 cm³/mol. The van der Waals surface area contributed by atoms with E-state index in [1.54, 1.807) is 0 Å². The van der Waals surface area contributed by atoms with Crippen LogP contribution in [-0.4, -0.2) is 41.0 Å². The largest absolute Gasteiger partial charge is 0.391 e. The fourth-order valence-corrected chi connectivity index (χ4v) is 2.16. The Labute approximate surface area is 120 Å². The summed E-state index contributed by atoms with van der Waals surface area (Å²) in [7, 11) is 0. The summed E-state index contributed by atoms with van der Waals surface area (Å²) in [6, 6.07) is 3.74. The van der Waals surface area contributed by atoms with E-state index in [4.69, 9.17) is 11.6 Å². The van der Waals surface area contributed by atoms with E-state index in [2.05, 4.69) is 5.32 Å². The number of aliphatic hydroxyl groups is 1. The van der Waals surface area contributed by atoms with Crippen molar-refractivity contribution < 1.29 is 19.1 Å². The maximum atomic E-state index is 13.2. The summed E-state index contributed by atoms with van der Waals surface area (Å²) in [6.07, 6.45) is 0.664. The van der Waals surface area contributed by atoms with Crippen LogP contribution in [0.4, 0.5) is 10.1 Å². The molecule has 0 aliphatic carbocycles. The number of rotatable bonds is 1. The van der Waals surface area contributed by atoms with Crippen molar-refractivity contribution in [3.63, 3.8) is 0 Å². The second-order valence-electron chi connectivity index (χ2n) is 4.63. The molecule has 0 spiro atoms. The van der Waals surface area contributed by atoms with Gasteiger partial charge in [-0.25, -0.2) is 4.39 Å². The van der Waals surface area contributed by atoms with Crippen LogP contribution in [0.3, 0.4) is 0 Å². The average Bonchev–Trinajstić information content (AvgIpc) is 2.42. The number of amides is 2. The number of hydrogen-bond acceptors (Lipinski definition) is 3. The van der Waals surface area contributed by atoms with Gasteiger partial charge in [0, 0.05) is 18.8 Å². The maximum absolute atomic E-state index is 13.2. The Balaban J connectivity index is 2.00. The summed E-state index contributed by atoms with van der Waals surface area (Å²) in [5, 5.41) is 11.7. The van der Waals surface area contributed by atoms with Crippen molar-refractivity contribution in [1.29, 1.82) is 0 Å². The number of β-amino-alcohol motifs (C(OH)–C–C–N with tert-alkyl or cyclic N) is 1. The highest BCUT2D eigenvalue weighted by Crippen LogP contribution is 2.19. The van der Waals surface area contributed by atoms with Crippen LogP contribution in [-0.2, 0) is 9.59 Å². The third kappa shape index (κ3) is 3.46. The van der Waals surface area contributed by atoms with E-state index < -0.39 is 23.7 Å². The van der Waals surface area contributed by atoms with Gasteiger partial charge in [-0.3, -0.25) is 9.59 Å². The number of carbonyl (C=O) groups is 2. The summed E-state index contributed by atoms with van der Waals surface area (Å²) < 4.78 is 13.2. The number of anilines is 1. The third-order valence-electron chi connectivity index (χ3n) is 3.06. The Morgan fingerprint density at radius 2 is 2.20 bits per heavy atom. The second-order valence-corrected chi connectivity index (χ2v) is 5.04. The normalized spacial score (nSPS) is 18.8. The first-order valence-electron chi connectivity index (χ1n) is 6.21. The van der Waals surface area contributed by atoms with Gasteiger partial charge in [-0.15, -0.1) is 0 Å². The lowest BCUT2D eigenvalue weighted by Gasteiger charge is -2.29. The van der Waals surface area contributed by atoms with E-state index in [0.29, 0.717) is 19.4 Å². The Morgan fingerprint density at radius 3 is 2.85 bits per heavy atom. The Hall–Kier alpha value is -1.66. The van der Waals surface area contributed by atoms with Crippen LogP contribution in [0.1, 0.15) is 12.8 Å². The zero-order valence-corrected chi connectivity index (χ0v) is 11.4. The lowest BCUT2D eigenvalue weighted by Crippen LogP contribution is -2.46. The molecule has 2 N–H and O–H groups in total. The van der Waals surface area contributed by atoms with Gasteiger partial charge in [0.25, 0.3) is 0 Å². The lowest BCUT2D eigenvalue weighted by molar-refractivity contribution is -0.145. The second kappa shape index (κ2) is 6.19. The predicted octanol–water partition coefficient (Wildman–Crippen LogP) is 1.40. The number of likely N-dealkylation sites (tertiary alicyclic amines) is 1. The summed E-state index contributed by atoms with van der Waals surface area (Å²) in [5.74, 6) is -2.27. The SMILES string of the molecule is O=C(Nc1ccc(Cl)c(F)c1)C(=O)N1CCCC(O)C1. The maximum Gasteiger partial charge on any atom is 0.313 e. The number of aliphatic hydroxyl groups excluding tert-OH is 1. The number of carbonyl (C=O) groups excluding carboxylic acids is 2. The summed E-state index contributed by atoms with van der Waals surface area (Å²) in [5.41, 5.74) is 0.155. The smallest absolute Gasteiger partial charge is 0.313 e. The monoisotopic (exact) mass is 300 g/mol. The minimum Gasteiger partial charge on any atom is -0.391 e. The minimum atomic E-state index is -0.860. The molecule has 0 radical (unpaired) electrons. The number of halogens is 2. The first-order valence-corrected chi connectivity index (χ1v) is 6.58. The van der Waals surface area contributed by atoms with Crippen molar-refractivity contribution in [2.24, 2.45) is 0 Å². The molecule has 5 nitrogen and oxygen atoms in total. The van der Waals surface area contributed by atoms with E-state index in [9.17, 15) is 19.1 Å². The van der Waals surface area contributed by atoms with Crippen LogP contribution in [0, 0.1) is 5.82 Å². The van der Waals surface area contributed by atoms with E-state index >= 15 is 0 Å². The fraction of sp³-hybridized carbons (Fsp3) is 0.385. The molecular formula is C13H14ClFN2O3. The molecule has 0 aromatic heterocycles. The molecule has 1 fully saturated rings. The summed E-state index contributed by atoms with van der Waals surface area (Å²) >= 11 is 5.53. The molecule has 2 amide bonds. The first-order chi connectivity index (χ1) is 9.47. The molecule has 1 aliphatic heterocycles. The summed E-state index contributed by atoms with van der Waals surface area (Å²) in [4.78, 5) is 24.9. The molecule has 1 saturated heterocycles. The van der Waals surface area contributed by atoms with E-state index in [0.717, 1.165) is 6.07 Å². The van der Waals surface area contributed by atoms with Crippen molar-refractivity contribution in [3.05, 3.63) is 29.0 Å². The molecule has 1 atom stereocenters. The highest BCUT2D eigenvalue weighted by molar-refractivity contribution is 6.39. The van der Waals surface area contributed by atoms with Gasteiger partial charge < -0.3 is 15.3 Å². The molecule has 20 heavy (non-hydrogen) atoms. The Bertz CT molecular complexity index is 538. The molecule has 1 unspecified atom stereocenters. The minimum absolute atomic E-state index is 0.0616. The number of nitrogens with one attached hydrogen (secondary N) is 1. The zero-order chi connectivity index (χ0) is 14.7. The van der Waals surface area contributed by atoms with Crippen LogP contribution in [0.2, 0.25) is 5.02 Å². The lowest BCUT2D eigenvalue weighted by atomic mass is 10.1. The third-order valence-corrected chi connectivity index (χ3v) is 3.36. The van der Waals surface area contributed by atoms with Gasteiger partial charge in [-0.2, -0.15) is 0 Å². The fourth-order valence-electron chi connectivity index (χ4n) is 2.04. The van der Waals surface area contributed by atoms with Crippen LogP contribution in [0.25, 0.3) is 0 Å². The molecule has 1 aromatic rings. The summed E-state index contributed by atoms with van der Waals surface area (Å²) in [6.45, 7) is 0.569. The molecule has 2 rings (SSSR count). The van der Waals surface area contributed by atoms with Crippen molar-refractivity contribution in [1.82, 2.24) is 4.90 Å². The van der Waals surface area contributed by atoms with Crippen LogP contribution < -0.4 is 5.32 Å². The van der Waals surface area contributed by atoms with Crippen molar-refractivity contribution in [2.75, 3.05) is 18.4 Å². The van der Waals surface area contributed by atoms with Crippen LogP contribution >= 0.6 is 11.6 Å². The first kappa shape index (κ1) is 14.7. The van der Waals surface area contributed by atoms with E-state index in [1.807, 2.05) is 0 Å². The van der Waals surface area contributed by atoms with E-state index in [1.165, 1.54) is 17.0 Å². The van der Waals surface area contributed by atoms with Crippen LogP contribution in [0.15, 0.2) is 18.2 Å². The zero-order valence-electron chi connectivity index (χ0n) is 10.6. The topological polar surface area (TPSA) is 69.6 Å². The van der Waals surface area contributed by atoms with Gasteiger partial charge in [0.15, 0.2) is 0 Å². The van der Waals surface area contributed by atoms with E-state index in [-0.39, 0.29) is 17.3 Å². The van der Waals surface area contributed by atoms with Gasteiger partial charge in [-0.1, -0.05) is 11.6 Å². The molecule has 0 bridgehead atoms. The molecular weight excluding hydrogens is 287 g/mol. The van der Waals surface area contributed by atoms with Crippen molar-refractivity contribution in [3.8, 4) is 0 Å². The van der Waals surface area contributed by atoms with Gasteiger partial charge >= 0.3 is 11.8 Å². The van der Waals surface area contributed by atoms with Crippen LogP contribution in [0.5, 0.6) is 0 Å². The highest BCUT2D eigenvalue weighted by atomic mass is 35.5. The van der Waals surface area contributed by atoms with Crippen molar-refractivity contribution in [2.45, 2.75) is 18.9 Å². The number of nitrogens with zero attached hydrogens (tertiary/aromatic N) is 1. The number of hydrogen-bond donors (Lipinski definition) is 2. The highest BCUT2D eigenvalue weighted by Gasteiger charge is 2.26. The Morgan fingerprint density at radius 1 is 1.45 bits per heavy atom. The molecule has 1 aliphatic rings. The van der Waals surface area contributed by atoms with Gasteiger partial charge in [0.05, 0.1) is 11.1 Å². The van der Waals surface area contributed by atoms with Gasteiger partial charge in [0.1, 0.15) is 5.82 Å². The van der Waals surface area contributed by atoms with Crippen molar-refractivity contribution >= 4 is 29.1 Å². The molecule has 1 heterocycles. The molecule has 7 heteroatoms. The number of benzene rings is 1. The number of piperidine rings is 1. The standard InChI is InChI=1S/C13H14ClFN2O3/c14-10-4-3-8(6-11(10)15)16-12(19)13(20)17-5-1-2-9(18)7-17/h3-4,6,9,18H,1-2,5,7H2,(H,16,19). The van der Waals surface area contributed by atoms with Gasteiger partial charge in [0.2, 0.25) is 0 Å². The molecule has 0 saturated carbocycles. The quantitative estimate of drug-likeness (QED) is 0.770. The molecule has 1 aromatic carbocycles. The average molecular weight is 301 g/mol. The Kier molecular flexibility index (Phi) is 4.57. The van der Waals surface area contributed by atoms with Gasteiger partial charge in [-0.05, 0) is 31.0 Å². The molecule has 108 valence electrons.